The van der Waals surface area contributed by atoms with E-state index in [1.54, 1.807) is 29.2 Å². The largest absolute Gasteiger partial charge is 0.433 e. The summed E-state index contributed by atoms with van der Waals surface area (Å²) >= 11 is 12.2. The molecule has 1 saturated heterocycles. The molecule has 30 heavy (non-hydrogen) atoms. The monoisotopic (exact) mass is 458 g/mol. The Bertz CT molecular complexity index is 1110. The Morgan fingerprint density at radius 2 is 1.77 bits per heavy atom. The van der Waals surface area contributed by atoms with Crippen LogP contribution in [0.25, 0.3) is 16.9 Å². The molecule has 1 amide bonds. The van der Waals surface area contributed by atoms with E-state index in [0.29, 0.717) is 28.2 Å². The van der Waals surface area contributed by atoms with Crippen LogP contribution in [-0.2, 0) is 6.18 Å². The fourth-order valence-electron chi connectivity index (χ4n) is 3.34. The molecule has 6 nitrogen and oxygen atoms in total. The molecule has 0 radical (unpaired) electrons. The molecule has 1 aliphatic rings. The van der Waals surface area contributed by atoms with Crippen LogP contribution in [0, 0.1) is 0 Å². The highest BCUT2D eigenvalue weighted by atomic mass is 35.5. The Balaban J connectivity index is 1.84. The second-order valence-corrected chi connectivity index (χ2v) is 7.99. The van der Waals surface area contributed by atoms with Crippen LogP contribution < -0.4 is 4.90 Å². The van der Waals surface area contributed by atoms with Crippen molar-refractivity contribution in [3.63, 3.8) is 0 Å². The van der Waals surface area contributed by atoms with Crippen LogP contribution in [0.15, 0.2) is 30.3 Å². The van der Waals surface area contributed by atoms with Crippen molar-refractivity contribution >= 4 is 34.8 Å². The maximum absolute atomic E-state index is 13.8. The highest BCUT2D eigenvalue weighted by Gasteiger charge is 2.37. The topological polar surface area (TPSA) is 54.9 Å². The van der Waals surface area contributed by atoms with Crippen molar-refractivity contribution in [3.05, 3.63) is 51.8 Å². The molecule has 3 aromatic rings. The van der Waals surface area contributed by atoms with Crippen molar-refractivity contribution in [3.8, 4) is 11.3 Å². The van der Waals surface area contributed by atoms with Gasteiger partial charge in [-0.05, 0) is 18.2 Å². The van der Waals surface area contributed by atoms with Crippen molar-refractivity contribution in [2.75, 3.05) is 33.2 Å². The number of aromatic nitrogens is 3. The number of carbonyl (C=O) groups excluding carboxylic acids is 1. The summed E-state index contributed by atoms with van der Waals surface area (Å²) in [4.78, 5) is 20.0. The van der Waals surface area contributed by atoms with Crippen LogP contribution in [0.2, 0.25) is 10.0 Å². The zero-order valence-electron chi connectivity index (χ0n) is 15.8. The molecule has 0 spiro atoms. The molecule has 1 fully saturated rings. The number of hydrogen-bond donors (Lipinski definition) is 1. The van der Waals surface area contributed by atoms with Gasteiger partial charge < -0.3 is 9.80 Å². The van der Waals surface area contributed by atoms with E-state index in [-0.39, 0.29) is 22.1 Å². The van der Waals surface area contributed by atoms with E-state index in [0.717, 1.165) is 19.2 Å². The van der Waals surface area contributed by atoms with E-state index in [9.17, 15) is 18.0 Å². The highest BCUT2D eigenvalue weighted by Crippen LogP contribution is 2.35. The van der Waals surface area contributed by atoms with Gasteiger partial charge in [0.05, 0.1) is 38.9 Å². The van der Waals surface area contributed by atoms with Crippen molar-refractivity contribution < 1.29 is 22.9 Å². The zero-order valence-corrected chi connectivity index (χ0v) is 17.3. The number of likely N-dealkylation sites (N-methyl/N-ethyl adjacent to an activating group) is 1. The van der Waals surface area contributed by atoms with Crippen molar-refractivity contribution in [1.29, 1.82) is 0 Å². The molecule has 0 unspecified atom stereocenters. The predicted molar refractivity (Wildman–Crippen MR) is 106 cm³/mol. The van der Waals surface area contributed by atoms with E-state index in [4.69, 9.17) is 23.2 Å². The lowest BCUT2D eigenvalue weighted by atomic mass is 10.1. The standard InChI is InChI=1S/C19H16Cl2F3N5O/c1-27-6-8-28(9-7-27)18(30)16-15(21)17-25-13(11-2-4-12(20)5-3-11)10-14(19(22,23)24)29(17)26-16/h2-5,10H,6-9H2,1H3/p+1. The number of nitrogens with zero attached hydrogens (tertiary/aromatic N) is 4. The summed E-state index contributed by atoms with van der Waals surface area (Å²) in [6, 6.07) is 7.11. The van der Waals surface area contributed by atoms with Crippen LogP contribution >= 0.6 is 23.2 Å². The number of benzene rings is 1. The number of halogens is 5. The number of piperazine rings is 1. The van der Waals surface area contributed by atoms with Gasteiger partial charge in [0.1, 0.15) is 5.02 Å². The SMILES string of the molecule is C[NH+]1CCN(C(=O)c2nn3c(C(F)(F)F)cc(-c4ccc(Cl)cc4)nc3c2Cl)CC1. The number of alkyl halides is 3. The maximum Gasteiger partial charge on any atom is 0.433 e. The molecule has 1 aromatic carbocycles. The lowest BCUT2D eigenvalue weighted by molar-refractivity contribution is -0.883. The number of rotatable bonds is 2. The van der Waals surface area contributed by atoms with E-state index >= 15 is 0 Å². The molecule has 1 aliphatic heterocycles. The van der Waals surface area contributed by atoms with Crippen LogP contribution in [0.4, 0.5) is 13.2 Å². The summed E-state index contributed by atoms with van der Waals surface area (Å²) < 4.78 is 41.9. The molecule has 0 bridgehead atoms. The lowest BCUT2D eigenvalue weighted by Gasteiger charge is -2.29. The summed E-state index contributed by atoms with van der Waals surface area (Å²) in [5.74, 6) is -0.501. The first-order valence-electron chi connectivity index (χ1n) is 9.18. The van der Waals surface area contributed by atoms with Crippen molar-refractivity contribution in [1.82, 2.24) is 19.5 Å². The van der Waals surface area contributed by atoms with Gasteiger partial charge in [0, 0.05) is 10.6 Å². The molecule has 2 aromatic heterocycles. The number of quaternary nitrogens is 1. The molecule has 1 N–H and O–H groups in total. The molecule has 0 aliphatic carbocycles. The third-order valence-corrected chi connectivity index (χ3v) is 5.67. The van der Waals surface area contributed by atoms with Gasteiger partial charge in [0.25, 0.3) is 5.91 Å². The average molecular weight is 459 g/mol. The molecule has 11 heteroatoms. The van der Waals surface area contributed by atoms with Crippen LogP contribution in [0.1, 0.15) is 16.2 Å². The Labute approximate surface area is 179 Å². The summed E-state index contributed by atoms with van der Waals surface area (Å²) in [7, 11) is 2.01. The molecular formula is C19H17Cl2F3N5O+. The number of hydrogen-bond acceptors (Lipinski definition) is 3. The maximum atomic E-state index is 13.8. The Morgan fingerprint density at radius 1 is 1.13 bits per heavy atom. The summed E-state index contributed by atoms with van der Waals surface area (Å²) in [5, 5.41) is 4.15. The molecular weight excluding hydrogens is 442 g/mol. The minimum atomic E-state index is -4.73. The minimum absolute atomic E-state index is 0.0514. The minimum Gasteiger partial charge on any atom is -0.334 e. The third-order valence-electron chi connectivity index (χ3n) is 5.07. The first kappa shape index (κ1) is 20.9. The van der Waals surface area contributed by atoms with Crippen molar-refractivity contribution in [2.45, 2.75) is 6.18 Å². The smallest absolute Gasteiger partial charge is 0.334 e. The number of carbonyl (C=O) groups is 1. The van der Waals surface area contributed by atoms with Crippen molar-refractivity contribution in [2.24, 2.45) is 0 Å². The zero-order chi connectivity index (χ0) is 21.6. The quantitative estimate of drug-likeness (QED) is 0.642. The molecule has 0 atom stereocenters. The predicted octanol–water partition coefficient (Wildman–Crippen LogP) is 2.69. The van der Waals surface area contributed by atoms with Gasteiger partial charge in [0.15, 0.2) is 17.0 Å². The van der Waals surface area contributed by atoms with E-state index in [2.05, 4.69) is 10.1 Å². The molecule has 3 heterocycles. The van der Waals surface area contributed by atoms with Gasteiger partial charge in [-0.25, -0.2) is 9.50 Å². The first-order chi connectivity index (χ1) is 14.1. The lowest BCUT2D eigenvalue weighted by Crippen LogP contribution is -3.12. The first-order valence-corrected chi connectivity index (χ1v) is 9.93. The Hall–Kier alpha value is -2.36. The summed E-state index contributed by atoms with van der Waals surface area (Å²) in [6.07, 6.45) is -4.73. The second kappa shape index (κ2) is 7.72. The van der Waals surface area contributed by atoms with Gasteiger partial charge in [-0.15, -0.1) is 0 Å². The number of fused-ring (bicyclic) bond motifs is 1. The third kappa shape index (κ3) is 3.84. The van der Waals surface area contributed by atoms with E-state index < -0.39 is 17.8 Å². The second-order valence-electron chi connectivity index (χ2n) is 7.18. The van der Waals surface area contributed by atoms with Crippen LogP contribution in [-0.4, -0.2) is 58.6 Å². The van der Waals surface area contributed by atoms with Gasteiger partial charge in [-0.3, -0.25) is 4.79 Å². The average Bonchev–Trinajstić information content (AvgIpc) is 3.04. The van der Waals surface area contributed by atoms with Crippen LogP contribution in [0.3, 0.4) is 0 Å². The van der Waals surface area contributed by atoms with Gasteiger partial charge in [-0.2, -0.15) is 18.3 Å². The molecule has 4 rings (SSSR count). The van der Waals surface area contributed by atoms with Gasteiger partial charge in [0.2, 0.25) is 0 Å². The van der Waals surface area contributed by atoms with Crippen LogP contribution in [0.5, 0.6) is 0 Å². The Kier molecular flexibility index (Phi) is 5.37. The normalized spacial score (nSPS) is 15.7. The van der Waals surface area contributed by atoms with E-state index in [1.807, 2.05) is 7.05 Å². The number of amides is 1. The fraction of sp³-hybridized carbons (Fsp3) is 0.316. The molecule has 0 saturated carbocycles. The fourth-order valence-corrected chi connectivity index (χ4v) is 3.71. The highest BCUT2D eigenvalue weighted by molar-refractivity contribution is 6.36. The van der Waals surface area contributed by atoms with Gasteiger partial charge >= 0.3 is 6.18 Å². The molecule has 158 valence electrons. The summed E-state index contributed by atoms with van der Waals surface area (Å²) in [5.41, 5.74) is -1.04. The number of nitrogens with one attached hydrogen (secondary N) is 1. The summed E-state index contributed by atoms with van der Waals surface area (Å²) in [6.45, 7) is 2.43. The van der Waals surface area contributed by atoms with Gasteiger partial charge in [-0.1, -0.05) is 35.3 Å². The van der Waals surface area contributed by atoms with E-state index in [1.165, 1.54) is 4.90 Å². The Morgan fingerprint density at radius 3 is 2.37 bits per heavy atom.